The highest BCUT2D eigenvalue weighted by Crippen LogP contribution is 2.20. The first-order chi connectivity index (χ1) is 13.7. The zero-order valence-corrected chi connectivity index (χ0v) is 16.9. The fourth-order valence-corrected chi connectivity index (χ4v) is 3.49. The number of aryl methyl sites for hydroxylation is 2. The molecular weight excluding hydrogens is 370 g/mol. The Labute approximate surface area is 167 Å². The summed E-state index contributed by atoms with van der Waals surface area (Å²) < 4.78 is 1.92. The van der Waals surface area contributed by atoms with Crippen molar-refractivity contribution in [3.05, 3.63) is 102 Å². The predicted octanol–water partition coefficient (Wildman–Crippen LogP) is 2.19. The van der Waals surface area contributed by atoms with Gasteiger partial charge in [-0.3, -0.25) is 19.1 Å². The summed E-state index contributed by atoms with van der Waals surface area (Å²) in [5.74, 6) is -0.645. The summed E-state index contributed by atoms with van der Waals surface area (Å²) in [5.41, 5.74) is 2.05. The third-order valence-electron chi connectivity index (χ3n) is 4.72. The van der Waals surface area contributed by atoms with E-state index < -0.39 is 11.2 Å². The molecule has 0 aliphatic carbocycles. The van der Waals surface area contributed by atoms with E-state index in [1.54, 1.807) is 38.1 Å². The lowest BCUT2D eigenvalue weighted by Gasteiger charge is -2.17. The topological polar surface area (TPSA) is 98.9 Å². The maximum Gasteiger partial charge on any atom is 0.329 e. The van der Waals surface area contributed by atoms with Gasteiger partial charge in [0.05, 0.1) is 6.54 Å². The van der Waals surface area contributed by atoms with Crippen LogP contribution in [0.4, 0.5) is 0 Å². The van der Waals surface area contributed by atoms with E-state index in [0.717, 1.165) is 11.1 Å². The van der Waals surface area contributed by atoms with Crippen molar-refractivity contribution < 1.29 is 9.52 Å². The number of carbonyl (C=O) groups excluding carboxylic acids is 1. The molecule has 0 saturated carbocycles. The number of H-pyrrole nitrogens is 1. The SMILES string of the molecule is Cc1cc(C)cc(C(=O)c2c(C(C)C)c(=O)[nH]c(=O)n2Cc2cc[n+]([O-])cc2)c1. The Kier molecular flexibility index (Phi) is 5.50. The summed E-state index contributed by atoms with van der Waals surface area (Å²) in [4.78, 5) is 41.0. The number of ketones is 1. The summed E-state index contributed by atoms with van der Waals surface area (Å²) in [6, 6.07) is 8.60. The molecule has 0 amide bonds. The van der Waals surface area contributed by atoms with Crippen LogP contribution in [0.5, 0.6) is 0 Å². The molecule has 7 heteroatoms. The van der Waals surface area contributed by atoms with E-state index in [9.17, 15) is 19.6 Å². The van der Waals surface area contributed by atoms with Crippen LogP contribution >= 0.6 is 0 Å². The van der Waals surface area contributed by atoms with Crippen molar-refractivity contribution in [2.24, 2.45) is 0 Å². The fraction of sp³-hybridized carbons (Fsp3) is 0.273. The smallest absolute Gasteiger partial charge is 0.329 e. The molecule has 2 heterocycles. The number of carbonyl (C=O) groups is 1. The summed E-state index contributed by atoms with van der Waals surface area (Å²) in [6.07, 6.45) is 2.64. The molecule has 0 bridgehead atoms. The van der Waals surface area contributed by atoms with Gasteiger partial charge in [-0.25, -0.2) is 4.79 Å². The van der Waals surface area contributed by atoms with Gasteiger partial charge < -0.3 is 5.21 Å². The Morgan fingerprint density at radius 2 is 1.69 bits per heavy atom. The maximum absolute atomic E-state index is 13.5. The van der Waals surface area contributed by atoms with Crippen LogP contribution in [0.25, 0.3) is 0 Å². The first kappa shape index (κ1) is 20.3. The number of hydrogen-bond donors (Lipinski definition) is 1. The van der Waals surface area contributed by atoms with E-state index in [4.69, 9.17) is 0 Å². The number of nitrogens with one attached hydrogen (secondary N) is 1. The Morgan fingerprint density at radius 3 is 2.24 bits per heavy atom. The number of nitrogens with zero attached hydrogens (tertiary/aromatic N) is 2. The largest absolute Gasteiger partial charge is 0.619 e. The van der Waals surface area contributed by atoms with Crippen LogP contribution in [0.15, 0.2) is 52.3 Å². The monoisotopic (exact) mass is 393 g/mol. The molecule has 0 atom stereocenters. The molecule has 3 rings (SSSR count). The quantitative estimate of drug-likeness (QED) is 0.408. The number of rotatable bonds is 5. The molecule has 0 unspecified atom stereocenters. The zero-order chi connectivity index (χ0) is 21.3. The second-order valence-corrected chi connectivity index (χ2v) is 7.53. The lowest BCUT2D eigenvalue weighted by Crippen LogP contribution is -2.38. The fourth-order valence-electron chi connectivity index (χ4n) is 3.49. The van der Waals surface area contributed by atoms with Crippen LogP contribution < -0.4 is 16.0 Å². The first-order valence-corrected chi connectivity index (χ1v) is 9.35. The third-order valence-corrected chi connectivity index (χ3v) is 4.72. The maximum atomic E-state index is 13.5. The first-order valence-electron chi connectivity index (χ1n) is 9.35. The van der Waals surface area contributed by atoms with Gasteiger partial charge in [-0.2, -0.15) is 4.73 Å². The molecule has 2 aromatic heterocycles. The van der Waals surface area contributed by atoms with Crippen molar-refractivity contribution in [3.8, 4) is 0 Å². The number of hydrogen-bond acceptors (Lipinski definition) is 4. The predicted molar refractivity (Wildman–Crippen MR) is 109 cm³/mol. The van der Waals surface area contributed by atoms with Gasteiger partial charge in [-0.05, 0) is 37.5 Å². The summed E-state index contributed by atoms with van der Waals surface area (Å²) in [6.45, 7) is 7.45. The Bertz CT molecular complexity index is 1170. The molecule has 0 aliphatic heterocycles. The van der Waals surface area contributed by atoms with E-state index >= 15 is 0 Å². The number of pyridine rings is 1. The van der Waals surface area contributed by atoms with Crippen molar-refractivity contribution in [3.63, 3.8) is 0 Å². The van der Waals surface area contributed by atoms with Gasteiger partial charge in [0, 0.05) is 23.3 Å². The van der Waals surface area contributed by atoms with E-state index in [1.807, 2.05) is 19.9 Å². The van der Waals surface area contributed by atoms with Gasteiger partial charge in [-0.1, -0.05) is 31.0 Å². The molecule has 1 aromatic carbocycles. The van der Waals surface area contributed by atoms with Crippen molar-refractivity contribution in [2.75, 3.05) is 0 Å². The second-order valence-electron chi connectivity index (χ2n) is 7.53. The van der Waals surface area contributed by atoms with Crippen LogP contribution in [0.1, 0.15) is 58.1 Å². The molecule has 0 spiro atoms. The van der Waals surface area contributed by atoms with E-state index in [2.05, 4.69) is 4.98 Å². The third kappa shape index (κ3) is 4.18. The molecule has 0 aliphatic rings. The second kappa shape index (κ2) is 7.87. The highest BCUT2D eigenvalue weighted by atomic mass is 16.5. The van der Waals surface area contributed by atoms with Crippen LogP contribution in [0.2, 0.25) is 0 Å². The molecule has 0 fully saturated rings. The van der Waals surface area contributed by atoms with E-state index in [0.29, 0.717) is 15.9 Å². The van der Waals surface area contributed by atoms with Crippen molar-refractivity contribution in [2.45, 2.75) is 40.2 Å². The van der Waals surface area contributed by atoms with Crippen molar-refractivity contribution >= 4 is 5.78 Å². The molecule has 0 radical (unpaired) electrons. The van der Waals surface area contributed by atoms with Gasteiger partial charge in [0.1, 0.15) is 5.69 Å². The Morgan fingerprint density at radius 1 is 1.10 bits per heavy atom. The normalized spacial score (nSPS) is 11.1. The minimum Gasteiger partial charge on any atom is -0.619 e. The Hall–Kier alpha value is -3.48. The van der Waals surface area contributed by atoms with Crippen LogP contribution in [-0.4, -0.2) is 15.3 Å². The zero-order valence-electron chi connectivity index (χ0n) is 16.9. The van der Waals surface area contributed by atoms with Crippen molar-refractivity contribution in [1.29, 1.82) is 0 Å². The number of aromatic amines is 1. The highest BCUT2D eigenvalue weighted by Gasteiger charge is 2.25. The Balaban J connectivity index is 2.26. The molecule has 0 saturated heterocycles. The molecule has 3 aromatic rings. The number of aromatic nitrogens is 3. The highest BCUT2D eigenvalue weighted by molar-refractivity contribution is 6.09. The van der Waals surface area contributed by atoms with Gasteiger partial charge in [0.25, 0.3) is 5.56 Å². The van der Waals surface area contributed by atoms with E-state index in [-0.39, 0.29) is 29.5 Å². The average molecular weight is 393 g/mol. The van der Waals surface area contributed by atoms with Crippen molar-refractivity contribution in [1.82, 2.24) is 9.55 Å². The molecule has 150 valence electrons. The van der Waals surface area contributed by atoms with Gasteiger partial charge >= 0.3 is 5.69 Å². The van der Waals surface area contributed by atoms with Gasteiger partial charge in [0.15, 0.2) is 12.4 Å². The summed E-state index contributed by atoms with van der Waals surface area (Å²) in [5, 5.41) is 11.3. The summed E-state index contributed by atoms with van der Waals surface area (Å²) >= 11 is 0. The summed E-state index contributed by atoms with van der Waals surface area (Å²) in [7, 11) is 0. The van der Waals surface area contributed by atoms with Crippen LogP contribution in [0, 0.1) is 19.1 Å². The molecular formula is C22H23N3O4. The lowest BCUT2D eigenvalue weighted by atomic mass is 9.95. The van der Waals surface area contributed by atoms with Gasteiger partial charge in [-0.15, -0.1) is 0 Å². The minimum absolute atomic E-state index is 0.0576. The van der Waals surface area contributed by atoms with Crippen LogP contribution in [0.3, 0.4) is 0 Å². The minimum atomic E-state index is -0.661. The van der Waals surface area contributed by atoms with Gasteiger partial charge in [0.2, 0.25) is 5.78 Å². The standard InChI is InChI=1S/C22H23N3O4/c1-13(2)18-19(20(26)17-10-14(3)9-15(4)11-17)25(22(28)23-21(18)27)12-16-5-7-24(29)8-6-16/h5-11,13H,12H2,1-4H3,(H,23,27,28). The average Bonchev–Trinajstić information content (AvgIpc) is 2.63. The van der Waals surface area contributed by atoms with Crippen LogP contribution in [-0.2, 0) is 6.54 Å². The molecule has 29 heavy (non-hydrogen) atoms. The molecule has 7 nitrogen and oxygen atoms in total. The molecule has 1 N–H and O–H groups in total. The lowest BCUT2D eigenvalue weighted by molar-refractivity contribution is -0.605. The van der Waals surface area contributed by atoms with E-state index in [1.165, 1.54) is 17.0 Å². The number of benzene rings is 1.